The van der Waals surface area contributed by atoms with Gasteiger partial charge in [0.05, 0.1) is 18.1 Å². The van der Waals surface area contributed by atoms with Gasteiger partial charge in [0.15, 0.2) is 0 Å². The zero-order valence-corrected chi connectivity index (χ0v) is 11.7. The number of fused-ring (bicyclic) bond motifs is 2. The van der Waals surface area contributed by atoms with Crippen LogP contribution in [0.15, 0.2) is 12.2 Å². The molecule has 2 fully saturated rings. The zero-order chi connectivity index (χ0) is 14.3. The van der Waals surface area contributed by atoms with Crippen LogP contribution in [0.1, 0.15) is 32.6 Å². The summed E-state index contributed by atoms with van der Waals surface area (Å²) in [6.45, 7) is 2.84. The maximum absolute atomic E-state index is 12.8. The highest BCUT2D eigenvalue weighted by molar-refractivity contribution is 5.87. The van der Waals surface area contributed by atoms with Gasteiger partial charge in [-0.2, -0.15) is 0 Å². The van der Waals surface area contributed by atoms with Gasteiger partial charge < -0.3 is 14.7 Å². The first-order chi connectivity index (χ1) is 9.63. The number of carbonyl (C=O) groups is 2. The van der Waals surface area contributed by atoms with Crippen LogP contribution in [-0.2, 0) is 14.3 Å². The molecule has 0 saturated carbocycles. The molecule has 2 bridgehead atoms. The maximum Gasteiger partial charge on any atom is 0.310 e. The van der Waals surface area contributed by atoms with Crippen LogP contribution in [0, 0.1) is 11.8 Å². The van der Waals surface area contributed by atoms with Gasteiger partial charge in [-0.1, -0.05) is 19.1 Å². The molecule has 1 amide bonds. The standard InChI is InChI=1S/C15H21NO4/c1-2-9-5-3-4-8-16(9)14(17)12-10-6-7-11(20-10)13(12)15(18)19/h6-7,9-13H,2-5,8H2,1H3,(H,18,19). The van der Waals surface area contributed by atoms with Crippen molar-refractivity contribution in [1.29, 1.82) is 0 Å². The van der Waals surface area contributed by atoms with Crippen molar-refractivity contribution in [3.05, 3.63) is 12.2 Å². The topological polar surface area (TPSA) is 66.8 Å². The third kappa shape index (κ3) is 2.04. The number of likely N-dealkylation sites (tertiary alicyclic amines) is 1. The number of hydrogen-bond donors (Lipinski definition) is 1. The molecule has 0 spiro atoms. The number of nitrogens with zero attached hydrogens (tertiary/aromatic N) is 1. The van der Waals surface area contributed by atoms with Crippen LogP contribution < -0.4 is 0 Å². The highest BCUT2D eigenvalue weighted by Gasteiger charge is 2.54. The number of amides is 1. The second-order valence-corrected chi connectivity index (χ2v) is 5.93. The summed E-state index contributed by atoms with van der Waals surface area (Å²) < 4.78 is 5.60. The number of rotatable bonds is 3. The molecule has 110 valence electrons. The molecule has 0 aliphatic carbocycles. The van der Waals surface area contributed by atoms with Gasteiger partial charge in [0.2, 0.25) is 5.91 Å². The molecule has 3 aliphatic heterocycles. The molecule has 5 unspecified atom stereocenters. The lowest BCUT2D eigenvalue weighted by molar-refractivity contribution is -0.151. The first kappa shape index (κ1) is 13.6. The van der Waals surface area contributed by atoms with E-state index in [0.717, 1.165) is 32.2 Å². The van der Waals surface area contributed by atoms with E-state index in [1.165, 1.54) is 0 Å². The summed E-state index contributed by atoms with van der Waals surface area (Å²) in [6.07, 6.45) is 6.95. The summed E-state index contributed by atoms with van der Waals surface area (Å²) in [5.41, 5.74) is 0. The second-order valence-electron chi connectivity index (χ2n) is 5.93. The molecule has 3 aliphatic rings. The summed E-state index contributed by atoms with van der Waals surface area (Å²) in [6, 6.07) is 0.258. The predicted molar refractivity (Wildman–Crippen MR) is 72.1 cm³/mol. The van der Waals surface area contributed by atoms with Crippen molar-refractivity contribution >= 4 is 11.9 Å². The minimum atomic E-state index is -0.926. The highest BCUT2D eigenvalue weighted by atomic mass is 16.5. The number of aliphatic carboxylic acids is 1. The van der Waals surface area contributed by atoms with Gasteiger partial charge in [-0.25, -0.2) is 0 Å². The van der Waals surface area contributed by atoms with E-state index in [1.807, 2.05) is 11.0 Å². The molecule has 5 heteroatoms. The number of carbonyl (C=O) groups excluding carboxylic acids is 1. The lowest BCUT2D eigenvalue weighted by atomic mass is 9.81. The first-order valence-electron chi connectivity index (χ1n) is 7.50. The van der Waals surface area contributed by atoms with Crippen molar-refractivity contribution in [2.45, 2.75) is 50.9 Å². The Balaban J connectivity index is 1.82. The number of ether oxygens (including phenoxy) is 1. The van der Waals surface area contributed by atoms with Crippen molar-refractivity contribution in [3.8, 4) is 0 Å². The lowest BCUT2D eigenvalue weighted by Gasteiger charge is -2.38. The fraction of sp³-hybridized carbons (Fsp3) is 0.733. The Morgan fingerprint density at radius 3 is 2.60 bits per heavy atom. The van der Waals surface area contributed by atoms with E-state index < -0.39 is 23.9 Å². The maximum atomic E-state index is 12.8. The minimum Gasteiger partial charge on any atom is -0.481 e. The third-order valence-corrected chi connectivity index (χ3v) is 4.85. The Morgan fingerprint density at radius 2 is 1.95 bits per heavy atom. The molecule has 0 aromatic rings. The van der Waals surface area contributed by atoms with Gasteiger partial charge in [-0.3, -0.25) is 9.59 Å². The van der Waals surface area contributed by atoms with E-state index in [2.05, 4.69) is 6.92 Å². The summed E-state index contributed by atoms with van der Waals surface area (Å²) in [4.78, 5) is 26.2. The number of piperidine rings is 1. The Morgan fingerprint density at radius 1 is 1.25 bits per heavy atom. The SMILES string of the molecule is CCC1CCCCN1C(=O)C1C2C=CC(O2)C1C(=O)O. The molecule has 5 atom stereocenters. The molecule has 20 heavy (non-hydrogen) atoms. The number of carboxylic acid groups (broad SMARTS) is 1. The van der Waals surface area contributed by atoms with Gasteiger partial charge >= 0.3 is 5.97 Å². The molecule has 2 saturated heterocycles. The Hall–Kier alpha value is -1.36. The number of carboxylic acids is 1. The minimum absolute atomic E-state index is 0.0270. The van der Waals surface area contributed by atoms with Crippen molar-refractivity contribution in [1.82, 2.24) is 4.90 Å². The highest BCUT2D eigenvalue weighted by Crippen LogP contribution is 2.41. The molecule has 3 rings (SSSR count). The van der Waals surface area contributed by atoms with Crippen molar-refractivity contribution in [2.75, 3.05) is 6.54 Å². The van der Waals surface area contributed by atoms with Gasteiger partial charge in [-0.15, -0.1) is 0 Å². The second kappa shape index (κ2) is 5.20. The largest absolute Gasteiger partial charge is 0.481 e. The van der Waals surface area contributed by atoms with Gasteiger partial charge in [0.1, 0.15) is 5.92 Å². The molecule has 0 aromatic heterocycles. The monoisotopic (exact) mass is 279 g/mol. The molecule has 1 N–H and O–H groups in total. The fourth-order valence-electron chi connectivity index (χ4n) is 3.80. The molecular formula is C15H21NO4. The van der Waals surface area contributed by atoms with E-state index in [9.17, 15) is 14.7 Å². The van der Waals surface area contributed by atoms with E-state index in [4.69, 9.17) is 4.74 Å². The summed E-state index contributed by atoms with van der Waals surface area (Å²) >= 11 is 0. The lowest BCUT2D eigenvalue weighted by Crippen LogP contribution is -2.50. The van der Waals surface area contributed by atoms with E-state index in [0.29, 0.717) is 0 Å². The zero-order valence-electron chi connectivity index (χ0n) is 11.7. The normalized spacial score (nSPS) is 39.2. The van der Waals surface area contributed by atoms with Crippen LogP contribution in [0.5, 0.6) is 0 Å². The quantitative estimate of drug-likeness (QED) is 0.794. The Kier molecular flexibility index (Phi) is 3.54. The van der Waals surface area contributed by atoms with Gasteiger partial charge in [0.25, 0.3) is 0 Å². The van der Waals surface area contributed by atoms with Crippen LogP contribution in [0.3, 0.4) is 0 Å². The summed E-state index contributed by atoms with van der Waals surface area (Å²) in [5.74, 6) is -2.22. The van der Waals surface area contributed by atoms with E-state index >= 15 is 0 Å². The van der Waals surface area contributed by atoms with Crippen molar-refractivity contribution in [3.63, 3.8) is 0 Å². The summed E-state index contributed by atoms with van der Waals surface area (Å²) in [7, 11) is 0. The van der Waals surface area contributed by atoms with Crippen LogP contribution in [0.25, 0.3) is 0 Å². The van der Waals surface area contributed by atoms with Crippen LogP contribution >= 0.6 is 0 Å². The van der Waals surface area contributed by atoms with Gasteiger partial charge in [0, 0.05) is 12.6 Å². The predicted octanol–water partition coefficient (Wildman–Crippen LogP) is 1.43. The molecular weight excluding hydrogens is 258 g/mol. The summed E-state index contributed by atoms with van der Waals surface area (Å²) in [5, 5.41) is 9.39. The van der Waals surface area contributed by atoms with Crippen molar-refractivity contribution < 1.29 is 19.4 Å². The average molecular weight is 279 g/mol. The Labute approximate surface area is 118 Å². The molecule has 0 aromatic carbocycles. The molecule has 5 nitrogen and oxygen atoms in total. The first-order valence-corrected chi connectivity index (χ1v) is 7.50. The number of hydrogen-bond acceptors (Lipinski definition) is 3. The fourth-order valence-corrected chi connectivity index (χ4v) is 3.80. The molecule has 3 heterocycles. The van der Waals surface area contributed by atoms with Crippen LogP contribution in [0.2, 0.25) is 0 Å². The van der Waals surface area contributed by atoms with E-state index in [1.54, 1.807) is 6.08 Å². The van der Waals surface area contributed by atoms with Crippen molar-refractivity contribution in [2.24, 2.45) is 11.8 Å². The van der Waals surface area contributed by atoms with Crippen LogP contribution in [-0.4, -0.2) is 46.7 Å². The molecule has 0 radical (unpaired) electrons. The third-order valence-electron chi connectivity index (χ3n) is 4.85. The van der Waals surface area contributed by atoms with Crippen LogP contribution in [0.4, 0.5) is 0 Å². The van der Waals surface area contributed by atoms with Gasteiger partial charge in [-0.05, 0) is 25.7 Å². The average Bonchev–Trinajstić information content (AvgIpc) is 3.06. The van der Waals surface area contributed by atoms with E-state index in [-0.39, 0.29) is 18.1 Å². The Bertz CT molecular complexity index is 447. The smallest absolute Gasteiger partial charge is 0.310 e.